The summed E-state index contributed by atoms with van der Waals surface area (Å²) in [6, 6.07) is 15.6. The number of aromatic amines is 1. The van der Waals surface area contributed by atoms with E-state index in [1.165, 1.54) is 24.3 Å². The largest absolute Gasteiger partial charge is 0.333 e. The Balaban J connectivity index is 1.73. The number of nitrogens with zero attached hydrogens (tertiary/aromatic N) is 1. The third-order valence-corrected chi connectivity index (χ3v) is 4.35. The van der Waals surface area contributed by atoms with Gasteiger partial charge in [0.25, 0.3) is 11.5 Å². The first-order chi connectivity index (χ1) is 13.9. The van der Waals surface area contributed by atoms with Crippen molar-refractivity contribution >= 4 is 22.5 Å². The van der Waals surface area contributed by atoms with Gasteiger partial charge in [0.05, 0.1) is 16.6 Å². The highest BCUT2D eigenvalue weighted by atomic mass is 19.2. The van der Waals surface area contributed by atoms with Crippen molar-refractivity contribution in [3.8, 4) is 5.69 Å². The summed E-state index contributed by atoms with van der Waals surface area (Å²) < 4.78 is 27.3. The zero-order valence-electron chi connectivity index (χ0n) is 14.8. The molecule has 6 nitrogen and oxygen atoms in total. The number of carbonyl (C=O) groups excluding carboxylic acids is 1. The SMILES string of the molecule is O=C(Nc1ccc(F)c(F)c1)c1ccc2c(=O)n(-c3ccccc3)c(=O)[nH]c2c1. The van der Waals surface area contributed by atoms with Crippen molar-refractivity contribution in [3.63, 3.8) is 0 Å². The summed E-state index contributed by atoms with van der Waals surface area (Å²) in [6.07, 6.45) is 0. The molecule has 2 N–H and O–H groups in total. The van der Waals surface area contributed by atoms with Gasteiger partial charge in [-0.1, -0.05) is 18.2 Å². The van der Waals surface area contributed by atoms with Crippen molar-refractivity contribution in [1.29, 1.82) is 0 Å². The van der Waals surface area contributed by atoms with Crippen molar-refractivity contribution in [2.24, 2.45) is 0 Å². The Morgan fingerprint density at radius 1 is 0.897 bits per heavy atom. The summed E-state index contributed by atoms with van der Waals surface area (Å²) in [6.45, 7) is 0. The van der Waals surface area contributed by atoms with Crippen LogP contribution in [0.4, 0.5) is 14.5 Å². The van der Waals surface area contributed by atoms with Crippen LogP contribution in [0.2, 0.25) is 0 Å². The summed E-state index contributed by atoms with van der Waals surface area (Å²) in [5, 5.41) is 2.66. The fourth-order valence-corrected chi connectivity index (χ4v) is 2.95. The van der Waals surface area contributed by atoms with Gasteiger partial charge < -0.3 is 10.3 Å². The molecule has 8 heteroatoms. The summed E-state index contributed by atoms with van der Waals surface area (Å²) in [5.41, 5.74) is -0.364. The van der Waals surface area contributed by atoms with Gasteiger partial charge in [0.15, 0.2) is 11.6 Å². The monoisotopic (exact) mass is 393 g/mol. The van der Waals surface area contributed by atoms with Gasteiger partial charge in [-0.25, -0.2) is 18.1 Å². The minimum atomic E-state index is -1.09. The Bertz CT molecular complexity index is 1360. The van der Waals surface area contributed by atoms with Crippen LogP contribution in [-0.4, -0.2) is 15.5 Å². The fraction of sp³-hybridized carbons (Fsp3) is 0. The van der Waals surface area contributed by atoms with Crippen LogP contribution in [0.25, 0.3) is 16.6 Å². The molecule has 0 aliphatic heterocycles. The number of hydrogen-bond donors (Lipinski definition) is 2. The lowest BCUT2D eigenvalue weighted by Crippen LogP contribution is -2.33. The molecular formula is C21H13F2N3O3. The van der Waals surface area contributed by atoms with Crippen molar-refractivity contribution in [2.75, 3.05) is 5.32 Å². The number of amides is 1. The number of H-pyrrole nitrogens is 1. The lowest BCUT2D eigenvalue weighted by molar-refractivity contribution is 0.102. The molecule has 0 saturated heterocycles. The van der Waals surface area contributed by atoms with Crippen LogP contribution < -0.4 is 16.6 Å². The summed E-state index contributed by atoms with van der Waals surface area (Å²) >= 11 is 0. The quantitative estimate of drug-likeness (QED) is 0.561. The Morgan fingerprint density at radius 3 is 2.38 bits per heavy atom. The van der Waals surface area contributed by atoms with Crippen LogP contribution in [0, 0.1) is 11.6 Å². The lowest BCUT2D eigenvalue weighted by Gasteiger charge is -2.09. The van der Waals surface area contributed by atoms with Gasteiger partial charge >= 0.3 is 5.69 Å². The van der Waals surface area contributed by atoms with Crippen molar-refractivity contribution < 1.29 is 13.6 Å². The molecule has 144 valence electrons. The third kappa shape index (κ3) is 3.43. The van der Waals surface area contributed by atoms with Gasteiger partial charge in [0.2, 0.25) is 0 Å². The molecule has 0 radical (unpaired) electrons. The molecule has 0 fully saturated rings. The molecule has 0 aliphatic rings. The molecule has 0 bridgehead atoms. The zero-order valence-corrected chi connectivity index (χ0v) is 14.8. The maximum atomic E-state index is 13.3. The number of anilines is 1. The zero-order chi connectivity index (χ0) is 20.5. The first-order valence-electron chi connectivity index (χ1n) is 8.55. The van der Waals surface area contributed by atoms with E-state index in [-0.39, 0.29) is 22.2 Å². The van der Waals surface area contributed by atoms with Gasteiger partial charge in [-0.2, -0.15) is 0 Å². The summed E-state index contributed by atoms with van der Waals surface area (Å²) in [7, 11) is 0. The van der Waals surface area contributed by atoms with E-state index < -0.39 is 28.8 Å². The van der Waals surface area contributed by atoms with Crippen LogP contribution in [0.1, 0.15) is 10.4 Å². The first-order valence-corrected chi connectivity index (χ1v) is 8.55. The molecule has 29 heavy (non-hydrogen) atoms. The predicted octanol–water partition coefficient (Wildman–Crippen LogP) is 3.21. The van der Waals surface area contributed by atoms with E-state index >= 15 is 0 Å². The molecule has 4 rings (SSSR count). The molecule has 3 aromatic carbocycles. The predicted molar refractivity (Wildman–Crippen MR) is 104 cm³/mol. The highest BCUT2D eigenvalue weighted by molar-refractivity contribution is 6.06. The van der Waals surface area contributed by atoms with Crippen LogP contribution >= 0.6 is 0 Å². The average molecular weight is 393 g/mol. The molecule has 1 aromatic heterocycles. The minimum absolute atomic E-state index is 0.0713. The second-order valence-corrected chi connectivity index (χ2v) is 6.25. The van der Waals surface area contributed by atoms with E-state index in [1.807, 2.05) is 0 Å². The highest BCUT2D eigenvalue weighted by Crippen LogP contribution is 2.16. The van der Waals surface area contributed by atoms with Gasteiger partial charge in [-0.05, 0) is 42.5 Å². The molecule has 4 aromatic rings. The highest BCUT2D eigenvalue weighted by Gasteiger charge is 2.13. The van der Waals surface area contributed by atoms with E-state index in [2.05, 4.69) is 10.3 Å². The van der Waals surface area contributed by atoms with Crippen LogP contribution in [0.5, 0.6) is 0 Å². The second-order valence-electron chi connectivity index (χ2n) is 6.25. The number of fused-ring (bicyclic) bond motifs is 1. The Labute approximate surface area is 162 Å². The van der Waals surface area contributed by atoms with Crippen molar-refractivity contribution in [1.82, 2.24) is 9.55 Å². The topological polar surface area (TPSA) is 84.0 Å². The van der Waals surface area contributed by atoms with Gasteiger partial charge in [0.1, 0.15) is 0 Å². The van der Waals surface area contributed by atoms with E-state index in [1.54, 1.807) is 30.3 Å². The number of carbonyl (C=O) groups is 1. The number of para-hydroxylation sites is 1. The summed E-state index contributed by atoms with van der Waals surface area (Å²) in [4.78, 5) is 40.2. The van der Waals surface area contributed by atoms with Crippen LogP contribution in [0.15, 0.2) is 76.3 Å². The maximum Gasteiger partial charge on any atom is 0.333 e. The first kappa shape index (κ1) is 18.3. The van der Waals surface area contributed by atoms with Crippen molar-refractivity contribution in [2.45, 2.75) is 0 Å². The second kappa shape index (κ2) is 7.16. The molecule has 0 saturated carbocycles. The Kier molecular flexibility index (Phi) is 4.52. The molecule has 0 unspecified atom stereocenters. The van der Waals surface area contributed by atoms with Crippen LogP contribution in [0.3, 0.4) is 0 Å². The van der Waals surface area contributed by atoms with Crippen molar-refractivity contribution in [3.05, 3.63) is 105 Å². The van der Waals surface area contributed by atoms with E-state index in [9.17, 15) is 23.2 Å². The molecule has 1 heterocycles. The molecule has 0 atom stereocenters. The van der Waals surface area contributed by atoms with Gasteiger partial charge in [-0.15, -0.1) is 0 Å². The number of hydrogen-bond acceptors (Lipinski definition) is 3. The third-order valence-electron chi connectivity index (χ3n) is 4.35. The lowest BCUT2D eigenvalue weighted by atomic mass is 10.1. The summed E-state index contributed by atoms with van der Waals surface area (Å²) in [5.74, 6) is -2.72. The number of aromatic nitrogens is 2. The van der Waals surface area contributed by atoms with Gasteiger partial charge in [0, 0.05) is 17.3 Å². The fourth-order valence-electron chi connectivity index (χ4n) is 2.95. The normalized spacial score (nSPS) is 10.8. The van der Waals surface area contributed by atoms with Crippen LogP contribution in [-0.2, 0) is 0 Å². The Morgan fingerprint density at radius 2 is 1.66 bits per heavy atom. The standard InChI is InChI=1S/C21H13F2N3O3/c22-16-9-7-13(11-17(16)23)24-19(27)12-6-8-15-18(10-12)25-21(29)26(20(15)28)14-4-2-1-3-5-14/h1-11H,(H,24,27)(H,25,29). The minimum Gasteiger partial charge on any atom is -0.322 e. The number of nitrogens with one attached hydrogen (secondary N) is 2. The molecule has 0 aliphatic carbocycles. The maximum absolute atomic E-state index is 13.3. The molecular weight excluding hydrogens is 380 g/mol. The molecule has 0 spiro atoms. The van der Waals surface area contributed by atoms with E-state index in [4.69, 9.17) is 0 Å². The van der Waals surface area contributed by atoms with E-state index in [0.29, 0.717) is 5.69 Å². The van der Waals surface area contributed by atoms with E-state index in [0.717, 1.165) is 16.7 Å². The number of rotatable bonds is 3. The Hall–Kier alpha value is -4.07. The molecule has 1 amide bonds. The smallest absolute Gasteiger partial charge is 0.322 e. The average Bonchev–Trinajstić information content (AvgIpc) is 2.71. The number of halogens is 2. The number of benzene rings is 3. The van der Waals surface area contributed by atoms with Gasteiger partial charge in [-0.3, -0.25) is 9.59 Å².